The fourth-order valence-electron chi connectivity index (χ4n) is 3.23. The van der Waals surface area contributed by atoms with Gasteiger partial charge in [0, 0.05) is 10.9 Å². The number of anilines is 1. The second-order valence-electron chi connectivity index (χ2n) is 6.40. The third-order valence-electron chi connectivity index (χ3n) is 4.76. The fourth-order valence-corrected chi connectivity index (χ4v) is 4.16. The third-order valence-corrected chi connectivity index (χ3v) is 5.66. The van der Waals surface area contributed by atoms with Gasteiger partial charge in [-0.3, -0.25) is 4.79 Å². The van der Waals surface area contributed by atoms with Crippen LogP contribution in [-0.4, -0.2) is 20.1 Å². The standard InChI is InChI=1S/C23H22N2O3S/c1-4-17(15-8-6-5-7-9-15)22(26)25-23-18(13-24)19(14-29-23)16-10-11-20(27-2)21(12-16)28-3/h5-12,14,17H,4H2,1-3H3,(H,25,26). The number of rotatable bonds is 7. The lowest BCUT2D eigenvalue weighted by molar-refractivity contribution is -0.117. The van der Waals surface area contributed by atoms with Crippen LogP contribution >= 0.6 is 11.3 Å². The van der Waals surface area contributed by atoms with Gasteiger partial charge in [-0.2, -0.15) is 5.26 Å². The van der Waals surface area contributed by atoms with E-state index in [4.69, 9.17) is 9.47 Å². The van der Waals surface area contributed by atoms with Crippen molar-refractivity contribution < 1.29 is 14.3 Å². The van der Waals surface area contributed by atoms with Crippen LogP contribution in [0.15, 0.2) is 53.9 Å². The molecule has 1 unspecified atom stereocenters. The van der Waals surface area contributed by atoms with E-state index in [1.54, 1.807) is 20.3 Å². The van der Waals surface area contributed by atoms with Crippen molar-refractivity contribution in [3.8, 4) is 28.7 Å². The molecule has 0 bridgehead atoms. The number of carbonyl (C=O) groups is 1. The van der Waals surface area contributed by atoms with Gasteiger partial charge in [-0.15, -0.1) is 11.3 Å². The van der Waals surface area contributed by atoms with E-state index in [1.807, 2.05) is 54.8 Å². The van der Waals surface area contributed by atoms with Crippen molar-refractivity contribution in [3.63, 3.8) is 0 Å². The minimum atomic E-state index is -0.269. The maximum atomic E-state index is 12.9. The monoisotopic (exact) mass is 406 g/mol. The topological polar surface area (TPSA) is 71.3 Å². The van der Waals surface area contributed by atoms with Gasteiger partial charge in [0.15, 0.2) is 11.5 Å². The fraction of sp³-hybridized carbons (Fsp3) is 0.217. The van der Waals surface area contributed by atoms with Crippen molar-refractivity contribution in [1.82, 2.24) is 0 Å². The molecule has 0 radical (unpaired) electrons. The molecule has 0 fully saturated rings. The lowest BCUT2D eigenvalue weighted by atomic mass is 9.95. The second kappa shape index (κ2) is 9.26. The van der Waals surface area contributed by atoms with Gasteiger partial charge >= 0.3 is 0 Å². The van der Waals surface area contributed by atoms with Gasteiger partial charge in [0.25, 0.3) is 0 Å². The molecule has 0 spiro atoms. The van der Waals surface area contributed by atoms with E-state index < -0.39 is 0 Å². The van der Waals surface area contributed by atoms with Crippen LogP contribution in [0.1, 0.15) is 30.4 Å². The molecule has 2 aromatic carbocycles. The summed E-state index contributed by atoms with van der Waals surface area (Å²) in [5.41, 5.74) is 2.98. The maximum absolute atomic E-state index is 12.9. The van der Waals surface area contributed by atoms with Crippen LogP contribution in [0.4, 0.5) is 5.00 Å². The molecule has 3 aromatic rings. The van der Waals surface area contributed by atoms with E-state index in [-0.39, 0.29) is 11.8 Å². The summed E-state index contributed by atoms with van der Waals surface area (Å²) in [6, 6.07) is 17.4. The van der Waals surface area contributed by atoms with Crippen LogP contribution in [0.3, 0.4) is 0 Å². The molecule has 0 aliphatic carbocycles. The summed E-state index contributed by atoms with van der Waals surface area (Å²) in [5.74, 6) is 0.818. The molecule has 29 heavy (non-hydrogen) atoms. The molecular weight excluding hydrogens is 384 g/mol. The van der Waals surface area contributed by atoms with Crippen LogP contribution in [0.5, 0.6) is 11.5 Å². The Balaban J connectivity index is 1.90. The summed E-state index contributed by atoms with van der Waals surface area (Å²) >= 11 is 1.34. The van der Waals surface area contributed by atoms with E-state index in [1.165, 1.54) is 11.3 Å². The van der Waals surface area contributed by atoms with Crippen LogP contribution in [-0.2, 0) is 4.79 Å². The zero-order chi connectivity index (χ0) is 20.8. The van der Waals surface area contributed by atoms with E-state index >= 15 is 0 Å². The summed E-state index contributed by atoms with van der Waals surface area (Å²) in [6.07, 6.45) is 0.672. The molecule has 148 valence electrons. The molecule has 1 aromatic heterocycles. The number of hydrogen-bond donors (Lipinski definition) is 1. The minimum Gasteiger partial charge on any atom is -0.493 e. The van der Waals surface area contributed by atoms with Gasteiger partial charge in [-0.05, 0) is 29.7 Å². The number of thiophene rings is 1. The summed E-state index contributed by atoms with van der Waals surface area (Å²) in [7, 11) is 3.15. The molecule has 6 heteroatoms. The van der Waals surface area contributed by atoms with Crippen molar-refractivity contribution >= 4 is 22.2 Å². The average Bonchev–Trinajstić information content (AvgIpc) is 3.16. The number of benzene rings is 2. The van der Waals surface area contributed by atoms with Crippen LogP contribution < -0.4 is 14.8 Å². The molecule has 0 aliphatic heterocycles. The van der Waals surface area contributed by atoms with Gasteiger partial charge in [-0.1, -0.05) is 43.3 Å². The predicted molar refractivity (Wildman–Crippen MR) is 116 cm³/mol. The predicted octanol–water partition coefficient (Wildman–Crippen LogP) is 5.44. The molecule has 3 rings (SSSR count). The van der Waals surface area contributed by atoms with Crippen molar-refractivity contribution in [2.45, 2.75) is 19.3 Å². The number of nitriles is 1. The largest absolute Gasteiger partial charge is 0.493 e. The van der Waals surface area contributed by atoms with Gasteiger partial charge < -0.3 is 14.8 Å². The quantitative estimate of drug-likeness (QED) is 0.567. The molecular formula is C23H22N2O3S. The van der Waals surface area contributed by atoms with E-state index in [0.717, 1.165) is 16.7 Å². The van der Waals surface area contributed by atoms with Crippen LogP contribution in [0.2, 0.25) is 0 Å². The van der Waals surface area contributed by atoms with Crippen molar-refractivity contribution in [2.24, 2.45) is 0 Å². The second-order valence-corrected chi connectivity index (χ2v) is 7.28. The van der Waals surface area contributed by atoms with Gasteiger partial charge in [0.05, 0.1) is 25.7 Å². The number of nitrogens with one attached hydrogen (secondary N) is 1. The van der Waals surface area contributed by atoms with Crippen molar-refractivity contribution in [2.75, 3.05) is 19.5 Å². The number of amides is 1. The lowest BCUT2D eigenvalue weighted by Gasteiger charge is -2.15. The lowest BCUT2D eigenvalue weighted by Crippen LogP contribution is -2.20. The highest BCUT2D eigenvalue weighted by molar-refractivity contribution is 7.15. The Morgan fingerprint density at radius 1 is 1.14 bits per heavy atom. The molecule has 1 amide bonds. The van der Waals surface area contributed by atoms with Crippen LogP contribution in [0.25, 0.3) is 11.1 Å². The number of ether oxygens (including phenoxy) is 2. The van der Waals surface area contributed by atoms with E-state index in [2.05, 4.69) is 11.4 Å². The summed E-state index contributed by atoms with van der Waals surface area (Å²) in [4.78, 5) is 12.9. The van der Waals surface area contributed by atoms with E-state index in [0.29, 0.717) is 28.5 Å². The SMILES string of the molecule is CCC(C(=O)Nc1scc(-c2ccc(OC)c(OC)c2)c1C#N)c1ccccc1. The zero-order valence-electron chi connectivity index (χ0n) is 16.6. The highest BCUT2D eigenvalue weighted by atomic mass is 32.1. The summed E-state index contributed by atoms with van der Waals surface area (Å²) in [5, 5.41) is 15.1. The molecule has 0 aliphatic rings. The van der Waals surface area contributed by atoms with Crippen molar-refractivity contribution in [1.29, 1.82) is 5.26 Å². The first-order valence-corrected chi connectivity index (χ1v) is 10.1. The number of carbonyl (C=O) groups excluding carboxylic acids is 1. The Kier molecular flexibility index (Phi) is 6.53. The Bertz CT molecular complexity index is 1040. The first kappa shape index (κ1) is 20.4. The highest BCUT2D eigenvalue weighted by Crippen LogP contribution is 2.39. The Labute approximate surface area is 174 Å². The van der Waals surface area contributed by atoms with E-state index in [9.17, 15) is 10.1 Å². The number of methoxy groups -OCH3 is 2. The molecule has 0 saturated heterocycles. The normalized spacial score (nSPS) is 11.4. The maximum Gasteiger partial charge on any atom is 0.232 e. The molecule has 1 N–H and O–H groups in total. The van der Waals surface area contributed by atoms with Gasteiger partial charge in [0.2, 0.25) is 5.91 Å². The first-order chi connectivity index (χ1) is 14.1. The summed E-state index contributed by atoms with van der Waals surface area (Å²) < 4.78 is 10.6. The Morgan fingerprint density at radius 2 is 1.86 bits per heavy atom. The van der Waals surface area contributed by atoms with Crippen LogP contribution in [0, 0.1) is 11.3 Å². The highest BCUT2D eigenvalue weighted by Gasteiger charge is 2.22. The Morgan fingerprint density at radius 3 is 2.48 bits per heavy atom. The van der Waals surface area contributed by atoms with Crippen molar-refractivity contribution in [3.05, 3.63) is 65.0 Å². The minimum absolute atomic E-state index is 0.115. The number of nitrogens with zero attached hydrogens (tertiary/aromatic N) is 1. The average molecular weight is 407 g/mol. The van der Waals surface area contributed by atoms with Gasteiger partial charge in [0.1, 0.15) is 11.1 Å². The molecule has 0 saturated carbocycles. The summed E-state index contributed by atoms with van der Waals surface area (Å²) in [6.45, 7) is 1.98. The smallest absolute Gasteiger partial charge is 0.232 e. The number of hydrogen-bond acceptors (Lipinski definition) is 5. The third kappa shape index (κ3) is 4.25. The molecule has 5 nitrogen and oxygen atoms in total. The first-order valence-electron chi connectivity index (χ1n) is 9.22. The Hall–Kier alpha value is -3.30. The van der Waals surface area contributed by atoms with Gasteiger partial charge in [-0.25, -0.2) is 0 Å². The zero-order valence-corrected chi connectivity index (χ0v) is 17.4. The molecule has 1 heterocycles. The molecule has 1 atom stereocenters.